The van der Waals surface area contributed by atoms with Crippen LogP contribution in [0.3, 0.4) is 0 Å². The van der Waals surface area contributed by atoms with Crippen LogP contribution in [-0.2, 0) is 14.8 Å². The Labute approximate surface area is 158 Å². The van der Waals surface area contributed by atoms with E-state index in [9.17, 15) is 13.2 Å². The third-order valence-electron chi connectivity index (χ3n) is 3.63. The highest BCUT2D eigenvalue weighted by atomic mass is 35.5. The maximum absolute atomic E-state index is 12.1. The van der Waals surface area contributed by atoms with Gasteiger partial charge in [0.1, 0.15) is 5.75 Å². The molecule has 0 aliphatic rings. The summed E-state index contributed by atoms with van der Waals surface area (Å²) in [6, 6.07) is 13.6. The Bertz CT molecular complexity index is 854. The minimum absolute atomic E-state index is 0.191. The topological polar surface area (TPSA) is 75.7 Å². The van der Waals surface area contributed by atoms with Crippen LogP contribution in [0.4, 0.5) is 11.4 Å². The number of sulfonamides is 1. The number of anilines is 2. The molecule has 8 heteroatoms. The zero-order valence-electron chi connectivity index (χ0n) is 14.6. The Hall–Kier alpha value is -2.25. The van der Waals surface area contributed by atoms with Gasteiger partial charge >= 0.3 is 0 Å². The smallest absolute Gasteiger partial charge is 0.232 e. The third-order valence-corrected chi connectivity index (χ3v) is 5.08. The predicted octanol–water partition coefficient (Wildman–Crippen LogP) is 3.53. The number of methoxy groups -OCH3 is 1. The lowest BCUT2D eigenvalue weighted by atomic mass is 10.2. The molecule has 0 aromatic heterocycles. The monoisotopic (exact) mass is 396 g/mol. The van der Waals surface area contributed by atoms with Gasteiger partial charge < -0.3 is 10.1 Å². The number of halogens is 1. The van der Waals surface area contributed by atoms with Gasteiger partial charge in [0.2, 0.25) is 15.9 Å². The van der Waals surface area contributed by atoms with Crippen molar-refractivity contribution in [3.8, 4) is 5.75 Å². The van der Waals surface area contributed by atoms with Crippen molar-refractivity contribution in [2.24, 2.45) is 0 Å². The standard InChI is InChI=1S/C18H21ClN2O4S/c1-25-17-6-3-5-15(13-17)20-18(22)7-4-12-21(26(2,23)24)16-10-8-14(19)9-11-16/h3,5-6,8-11,13H,4,7,12H2,1-2H3,(H,20,22). The van der Waals surface area contributed by atoms with E-state index in [2.05, 4.69) is 5.32 Å². The molecule has 0 unspecified atom stereocenters. The summed E-state index contributed by atoms with van der Waals surface area (Å²) in [5.74, 6) is 0.455. The molecule has 0 heterocycles. The molecule has 0 saturated carbocycles. The minimum Gasteiger partial charge on any atom is -0.497 e. The average Bonchev–Trinajstić information content (AvgIpc) is 2.59. The van der Waals surface area contributed by atoms with Gasteiger partial charge in [0.15, 0.2) is 0 Å². The van der Waals surface area contributed by atoms with Crippen LogP contribution in [0.2, 0.25) is 5.02 Å². The Balaban J connectivity index is 1.94. The molecule has 6 nitrogen and oxygen atoms in total. The van der Waals surface area contributed by atoms with Gasteiger partial charge in [-0.15, -0.1) is 0 Å². The molecule has 2 rings (SSSR count). The quantitative estimate of drug-likeness (QED) is 0.740. The van der Waals surface area contributed by atoms with E-state index in [4.69, 9.17) is 16.3 Å². The summed E-state index contributed by atoms with van der Waals surface area (Å²) < 4.78 is 30.4. The van der Waals surface area contributed by atoms with E-state index in [1.165, 1.54) is 4.31 Å². The van der Waals surface area contributed by atoms with Crippen LogP contribution in [0.1, 0.15) is 12.8 Å². The molecule has 0 saturated heterocycles. The van der Waals surface area contributed by atoms with Gasteiger partial charge in [0.05, 0.1) is 19.1 Å². The van der Waals surface area contributed by atoms with Crippen LogP contribution < -0.4 is 14.4 Å². The second-order valence-corrected chi connectivity index (χ2v) is 8.04. The van der Waals surface area contributed by atoms with Gasteiger partial charge in [0.25, 0.3) is 0 Å². The summed E-state index contributed by atoms with van der Waals surface area (Å²) in [6.07, 6.45) is 1.71. The molecule has 0 spiro atoms. The molecule has 0 radical (unpaired) electrons. The Morgan fingerprint density at radius 1 is 1.19 bits per heavy atom. The molecule has 0 atom stereocenters. The maximum Gasteiger partial charge on any atom is 0.232 e. The number of carbonyl (C=O) groups is 1. The molecule has 26 heavy (non-hydrogen) atoms. The van der Waals surface area contributed by atoms with Crippen LogP contribution in [0.25, 0.3) is 0 Å². The first-order valence-electron chi connectivity index (χ1n) is 7.97. The molecule has 0 aliphatic heterocycles. The van der Waals surface area contributed by atoms with Crippen molar-refractivity contribution in [1.82, 2.24) is 0 Å². The van der Waals surface area contributed by atoms with Crippen LogP contribution in [-0.4, -0.2) is 34.2 Å². The molecule has 0 fully saturated rings. The van der Waals surface area contributed by atoms with Crippen molar-refractivity contribution in [3.63, 3.8) is 0 Å². The molecule has 140 valence electrons. The number of hydrogen-bond donors (Lipinski definition) is 1. The van der Waals surface area contributed by atoms with Crippen LogP contribution >= 0.6 is 11.6 Å². The first-order valence-corrected chi connectivity index (χ1v) is 10.2. The van der Waals surface area contributed by atoms with E-state index in [1.807, 2.05) is 0 Å². The van der Waals surface area contributed by atoms with Crippen LogP contribution in [0, 0.1) is 0 Å². The van der Waals surface area contributed by atoms with Gasteiger partial charge in [0, 0.05) is 29.7 Å². The van der Waals surface area contributed by atoms with Gasteiger partial charge in [-0.25, -0.2) is 8.42 Å². The summed E-state index contributed by atoms with van der Waals surface area (Å²) >= 11 is 5.85. The fourth-order valence-corrected chi connectivity index (χ4v) is 3.49. The third kappa shape index (κ3) is 5.93. The normalized spacial score (nSPS) is 11.0. The van der Waals surface area contributed by atoms with E-state index in [0.717, 1.165) is 6.26 Å². The van der Waals surface area contributed by atoms with Gasteiger partial charge in [-0.05, 0) is 42.8 Å². The van der Waals surface area contributed by atoms with E-state index in [1.54, 1.807) is 55.6 Å². The fourth-order valence-electron chi connectivity index (χ4n) is 2.40. The van der Waals surface area contributed by atoms with E-state index in [0.29, 0.717) is 28.6 Å². The molecule has 0 aliphatic carbocycles. The first kappa shape index (κ1) is 20.1. The second-order valence-electron chi connectivity index (χ2n) is 5.70. The van der Waals surface area contributed by atoms with E-state index in [-0.39, 0.29) is 18.9 Å². The van der Waals surface area contributed by atoms with Crippen molar-refractivity contribution in [2.45, 2.75) is 12.8 Å². The SMILES string of the molecule is COc1cccc(NC(=O)CCCN(c2ccc(Cl)cc2)S(C)(=O)=O)c1. The van der Waals surface area contributed by atoms with Crippen molar-refractivity contribution >= 4 is 38.9 Å². The zero-order chi connectivity index (χ0) is 19.2. The molecule has 0 bridgehead atoms. The summed E-state index contributed by atoms with van der Waals surface area (Å²) in [6.45, 7) is 0.200. The summed E-state index contributed by atoms with van der Waals surface area (Å²) in [5, 5.41) is 3.30. The van der Waals surface area contributed by atoms with Crippen LogP contribution in [0.5, 0.6) is 5.75 Å². The number of carbonyl (C=O) groups excluding carboxylic acids is 1. The number of nitrogens with one attached hydrogen (secondary N) is 1. The van der Waals surface area contributed by atoms with Crippen molar-refractivity contribution in [2.75, 3.05) is 29.5 Å². The number of amides is 1. The lowest BCUT2D eigenvalue weighted by Gasteiger charge is -2.22. The number of ether oxygens (including phenoxy) is 1. The second kappa shape index (κ2) is 8.91. The minimum atomic E-state index is -3.45. The van der Waals surface area contributed by atoms with Crippen molar-refractivity contribution < 1.29 is 17.9 Å². The van der Waals surface area contributed by atoms with Gasteiger partial charge in [-0.3, -0.25) is 9.10 Å². The Kier molecular flexibility index (Phi) is 6.88. The van der Waals surface area contributed by atoms with E-state index < -0.39 is 10.0 Å². The average molecular weight is 397 g/mol. The fraction of sp³-hybridized carbons (Fsp3) is 0.278. The Morgan fingerprint density at radius 2 is 1.88 bits per heavy atom. The van der Waals surface area contributed by atoms with Crippen molar-refractivity contribution in [3.05, 3.63) is 53.6 Å². The predicted molar refractivity (Wildman–Crippen MR) is 104 cm³/mol. The molecule has 1 amide bonds. The van der Waals surface area contributed by atoms with Crippen molar-refractivity contribution in [1.29, 1.82) is 0 Å². The van der Waals surface area contributed by atoms with E-state index >= 15 is 0 Å². The lowest BCUT2D eigenvalue weighted by Crippen LogP contribution is -2.31. The highest BCUT2D eigenvalue weighted by Crippen LogP contribution is 2.21. The highest BCUT2D eigenvalue weighted by molar-refractivity contribution is 7.92. The number of hydrogen-bond acceptors (Lipinski definition) is 4. The summed E-state index contributed by atoms with van der Waals surface area (Å²) in [5.41, 5.74) is 1.15. The van der Waals surface area contributed by atoms with Gasteiger partial charge in [-0.1, -0.05) is 17.7 Å². The van der Waals surface area contributed by atoms with Crippen LogP contribution in [0.15, 0.2) is 48.5 Å². The first-order chi connectivity index (χ1) is 12.3. The lowest BCUT2D eigenvalue weighted by molar-refractivity contribution is -0.116. The molecular weight excluding hydrogens is 376 g/mol. The van der Waals surface area contributed by atoms with Gasteiger partial charge in [-0.2, -0.15) is 0 Å². The molecule has 2 aromatic rings. The zero-order valence-corrected chi connectivity index (χ0v) is 16.2. The summed E-state index contributed by atoms with van der Waals surface area (Å²) in [7, 11) is -1.90. The summed E-state index contributed by atoms with van der Waals surface area (Å²) in [4.78, 5) is 12.1. The molecular formula is C18H21ClN2O4S. The number of rotatable bonds is 8. The largest absolute Gasteiger partial charge is 0.497 e. The maximum atomic E-state index is 12.1. The number of nitrogens with zero attached hydrogens (tertiary/aromatic N) is 1. The highest BCUT2D eigenvalue weighted by Gasteiger charge is 2.17. The number of benzene rings is 2. The molecule has 2 aromatic carbocycles. The molecule has 1 N–H and O–H groups in total. The Morgan fingerprint density at radius 3 is 2.50 bits per heavy atom.